The van der Waals surface area contributed by atoms with Gasteiger partial charge in [-0.1, -0.05) is 21.6 Å². The van der Waals surface area contributed by atoms with Crippen LogP contribution in [0.4, 0.5) is 37.7 Å². The van der Waals surface area contributed by atoms with E-state index in [1.165, 1.54) is 0 Å². The van der Waals surface area contributed by atoms with Gasteiger partial charge in [-0.2, -0.15) is 26.3 Å². The second-order valence-corrected chi connectivity index (χ2v) is 11.3. The third kappa shape index (κ3) is 5.93. The van der Waals surface area contributed by atoms with Crippen molar-refractivity contribution in [3.05, 3.63) is 35.4 Å². The molecule has 0 amide bonds. The van der Waals surface area contributed by atoms with Gasteiger partial charge in [0.15, 0.2) is 0 Å². The van der Waals surface area contributed by atoms with Gasteiger partial charge in [-0.15, -0.1) is 0 Å². The quantitative estimate of drug-likeness (QED) is 0.254. The molecule has 0 unspecified atom stereocenters. The van der Waals surface area contributed by atoms with Gasteiger partial charge in [0.25, 0.3) is 0 Å². The molecule has 0 aliphatic heterocycles. The first-order valence-electron chi connectivity index (χ1n) is 7.64. The zero-order valence-corrected chi connectivity index (χ0v) is 18.4. The van der Waals surface area contributed by atoms with Crippen molar-refractivity contribution in [2.24, 2.45) is 10.3 Å². The van der Waals surface area contributed by atoms with Gasteiger partial charge in [0.1, 0.15) is 9.79 Å². The maximum absolute atomic E-state index is 13.4. The predicted octanol–water partition coefficient (Wildman–Crippen LogP) is 2.98. The Hall–Kier alpha value is -1.86. The van der Waals surface area contributed by atoms with Crippen molar-refractivity contribution in [2.75, 3.05) is 11.5 Å². The molecule has 32 heavy (non-hydrogen) atoms. The summed E-state index contributed by atoms with van der Waals surface area (Å²) >= 11 is 0. The summed E-state index contributed by atoms with van der Waals surface area (Å²) in [7, 11) is -9.01. The van der Waals surface area contributed by atoms with Gasteiger partial charge >= 0.3 is 12.4 Å². The largest absolute Gasteiger partial charge is 0.417 e. The van der Waals surface area contributed by atoms with Crippen LogP contribution in [0.3, 0.4) is 0 Å². The van der Waals surface area contributed by atoms with Crippen molar-refractivity contribution < 1.29 is 43.2 Å². The van der Waals surface area contributed by atoms with Crippen molar-refractivity contribution in [3.8, 4) is 0 Å². The highest BCUT2D eigenvalue weighted by molar-refractivity contribution is 8.76. The molecule has 178 valence electrons. The molecular formula is C14H12F6N4O4S4. The fraction of sp³-hybridized carbons (Fsp3) is 0.143. The Morgan fingerprint density at radius 3 is 1.12 bits per heavy atom. The molecule has 2 aromatic rings. The number of alkyl halides is 6. The number of hydrogen-bond donors (Lipinski definition) is 4. The number of halogens is 6. The number of rotatable bonds is 5. The summed E-state index contributed by atoms with van der Waals surface area (Å²) in [6.07, 6.45) is -10.1. The average molecular weight is 543 g/mol. The lowest BCUT2D eigenvalue weighted by molar-refractivity contribution is -0.140. The molecule has 0 aliphatic carbocycles. The van der Waals surface area contributed by atoms with E-state index in [2.05, 4.69) is 0 Å². The summed E-state index contributed by atoms with van der Waals surface area (Å²) in [6.45, 7) is 0. The van der Waals surface area contributed by atoms with Crippen LogP contribution in [0, 0.1) is 0 Å². The van der Waals surface area contributed by atoms with Crippen molar-refractivity contribution in [2.45, 2.75) is 31.9 Å². The highest BCUT2D eigenvalue weighted by atomic mass is 33.1. The van der Waals surface area contributed by atoms with Crippen LogP contribution in [0.5, 0.6) is 0 Å². The number of primary sulfonamides is 2. The van der Waals surface area contributed by atoms with Gasteiger partial charge in [0, 0.05) is 9.79 Å². The van der Waals surface area contributed by atoms with Gasteiger partial charge in [0.2, 0.25) is 20.0 Å². The van der Waals surface area contributed by atoms with E-state index >= 15 is 0 Å². The third-order valence-corrected chi connectivity index (χ3v) is 8.05. The van der Waals surface area contributed by atoms with Crippen LogP contribution in [-0.2, 0) is 32.4 Å². The molecule has 0 saturated heterocycles. The first-order chi connectivity index (χ1) is 14.2. The molecule has 0 fully saturated rings. The van der Waals surface area contributed by atoms with Crippen LogP contribution in [0.15, 0.2) is 43.8 Å². The Kier molecular flexibility index (Phi) is 7.00. The molecule has 0 heterocycles. The second-order valence-electron chi connectivity index (χ2n) is 6.02. The molecule has 0 radical (unpaired) electrons. The number of anilines is 2. The van der Waals surface area contributed by atoms with Gasteiger partial charge in [0.05, 0.1) is 22.5 Å². The lowest BCUT2D eigenvalue weighted by Gasteiger charge is -2.17. The lowest BCUT2D eigenvalue weighted by Crippen LogP contribution is -2.17. The summed E-state index contributed by atoms with van der Waals surface area (Å²) in [5.74, 6) is 0. The highest BCUT2D eigenvalue weighted by Crippen LogP contribution is 2.49. The number of hydrogen-bond acceptors (Lipinski definition) is 8. The molecule has 0 spiro atoms. The van der Waals surface area contributed by atoms with E-state index in [4.69, 9.17) is 21.7 Å². The first-order valence-corrected chi connectivity index (χ1v) is 12.9. The Bertz CT molecular complexity index is 1180. The smallest absolute Gasteiger partial charge is 0.398 e. The number of sulfonamides is 2. The topological polar surface area (TPSA) is 172 Å². The summed E-state index contributed by atoms with van der Waals surface area (Å²) in [6, 6.07) is 1.45. The molecule has 18 heteroatoms. The van der Waals surface area contributed by atoms with Crippen molar-refractivity contribution >= 4 is 53.0 Å². The molecule has 0 atom stereocenters. The molecule has 2 aromatic carbocycles. The molecule has 8 nitrogen and oxygen atoms in total. The van der Waals surface area contributed by atoms with Crippen LogP contribution >= 0.6 is 21.6 Å². The van der Waals surface area contributed by atoms with Crippen LogP contribution in [-0.4, -0.2) is 16.8 Å². The van der Waals surface area contributed by atoms with Crippen LogP contribution in [0.1, 0.15) is 11.1 Å². The maximum atomic E-state index is 13.4. The molecular weight excluding hydrogens is 530 g/mol. The zero-order valence-electron chi connectivity index (χ0n) is 15.2. The number of nitrogens with two attached hydrogens (primary N) is 4. The van der Waals surface area contributed by atoms with Crippen LogP contribution in [0.25, 0.3) is 0 Å². The summed E-state index contributed by atoms with van der Waals surface area (Å²) in [5.41, 5.74) is 6.11. The van der Waals surface area contributed by atoms with E-state index in [1.54, 1.807) is 0 Å². The van der Waals surface area contributed by atoms with Gasteiger partial charge < -0.3 is 11.5 Å². The highest BCUT2D eigenvalue weighted by Gasteiger charge is 2.38. The predicted molar refractivity (Wildman–Crippen MR) is 106 cm³/mol. The second kappa shape index (κ2) is 8.49. The Morgan fingerprint density at radius 1 is 0.625 bits per heavy atom. The molecule has 2 rings (SSSR count). The molecule has 0 bridgehead atoms. The minimum Gasteiger partial charge on any atom is -0.398 e. The Balaban J connectivity index is 2.67. The Labute approximate surface area is 185 Å². The van der Waals surface area contributed by atoms with E-state index in [1.807, 2.05) is 0 Å². The van der Waals surface area contributed by atoms with Crippen molar-refractivity contribution in [3.63, 3.8) is 0 Å². The van der Waals surface area contributed by atoms with Gasteiger partial charge in [-0.3, -0.25) is 0 Å². The monoisotopic (exact) mass is 542 g/mol. The summed E-state index contributed by atoms with van der Waals surface area (Å²) in [4.78, 5) is -3.45. The minimum absolute atomic E-state index is 0.0661. The first kappa shape index (κ1) is 26.4. The van der Waals surface area contributed by atoms with Crippen molar-refractivity contribution in [1.82, 2.24) is 0 Å². The van der Waals surface area contributed by atoms with Gasteiger partial charge in [-0.05, 0) is 24.3 Å². The lowest BCUT2D eigenvalue weighted by atomic mass is 10.2. The molecule has 8 N–H and O–H groups in total. The fourth-order valence-electron chi connectivity index (χ4n) is 2.32. The van der Waals surface area contributed by atoms with E-state index in [9.17, 15) is 43.2 Å². The number of benzene rings is 2. The minimum atomic E-state index is -5.06. The molecule has 0 aromatic heterocycles. The van der Waals surface area contributed by atoms with E-state index in [0.717, 1.165) is 0 Å². The molecule has 0 aliphatic rings. The normalized spacial score (nSPS) is 13.4. The van der Waals surface area contributed by atoms with Crippen LogP contribution in [0.2, 0.25) is 0 Å². The fourth-order valence-corrected chi connectivity index (χ4v) is 6.21. The van der Waals surface area contributed by atoms with Crippen LogP contribution < -0.4 is 21.7 Å². The maximum Gasteiger partial charge on any atom is 0.417 e. The Morgan fingerprint density at radius 2 is 0.906 bits per heavy atom. The van der Waals surface area contributed by atoms with E-state index < -0.39 is 74.5 Å². The zero-order chi connectivity index (χ0) is 24.9. The standard InChI is InChI=1S/C14H12F6N4O4S4/c15-13(16,17)5-1-7(21)11(31(23,25)26)3-9(5)29-30-10-4-12(32(24,27)28)8(22)2-6(10)14(18,19)20/h1-4H,21-22H2,(H2,23,25,26)(H2,24,27,28). The van der Waals surface area contributed by atoms with E-state index in [-0.39, 0.29) is 33.7 Å². The summed E-state index contributed by atoms with van der Waals surface area (Å²) < 4.78 is 127. The van der Waals surface area contributed by atoms with E-state index in [0.29, 0.717) is 12.1 Å². The van der Waals surface area contributed by atoms with Crippen molar-refractivity contribution in [1.29, 1.82) is 0 Å². The molecule has 0 saturated carbocycles. The third-order valence-electron chi connectivity index (χ3n) is 3.67. The average Bonchev–Trinajstić information content (AvgIpc) is 2.57. The SMILES string of the molecule is Nc1cc(C(F)(F)F)c(SSc2cc(S(N)(=O)=O)c(N)cc2C(F)(F)F)cc1S(N)(=O)=O. The summed E-state index contributed by atoms with van der Waals surface area (Å²) in [5, 5.41) is 9.82. The van der Waals surface area contributed by atoms with Gasteiger partial charge in [-0.25, -0.2) is 27.1 Å². The number of nitrogen functional groups attached to an aromatic ring is 2.